The van der Waals surface area contributed by atoms with E-state index in [1.54, 1.807) is 72.7 Å². The molecule has 21 heteroatoms. The third kappa shape index (κ3) is 25.1. The normalized spacial score (nSPS) is 21.9. The SMILES string of the molecule is C=CC(C)C(=O)[C@H](CCCCN)NNC(=O)CCCSSC(C)(C)CCC(=O)N1CCN(Cc2ccc([C@H]3O[C@@H]3[C@@H](C)[C@@H]3C/C=C/C(=O)N[C@H](Cc4ccc(OC)c(Cl)c4)C(=O)NCC(C)(C)C(=O)O[C@@H](CC(C)C)C(=O)O3)cc2)CC1.C=CCC. The molecular formula is C65H98ClN7O11S2. The number of methoxy groups -OCH3 is 1. The standard InChI is InChI=1S/C61H90ClN7O11S2.C4H8/c1-11-40(4)54(73)46(16-12-13-28-63)66-67-52(71)19-15-33-81-82-61(8,9)27-26-53(72)69-31-29-68(30-32-69)37-42-20-23-44(24-21-42)56-55(80-56)41(5)48-17-14-18-51(70)65-47(36-43-22-25-49(77-10)45(62)35-43)57(74)64-38-60(6,7)59(76)79-50(34-39(2)3)58(75)78-48;1-3-4-2/h11,14,18,20-25,35,39-41,46-48,50,55-56,66H,1,12-13,15-17,19,26-34,36-38,63H2,2-10H3,(H,64,74)(H,65,70)(H,67,71);3H,1,4H2,2H3/b18-14+;/t40?,41-,46-,47+,48-,50-,55+,56+;/m0./s1. The monoisotopic (exact) mass is 1250 g/mol. The number of allylic oxidation sites excluding steroid dienone is 2. The van der Waals surface area contributed by atoms with Crippen molar-refractivity contribution in [1.29, 1.82) is 0 Å². The van der Waals surface area contributed by atoms with Gasteiger partial charge in [0.2, 0.25) is 23.6 Å². The summed E-state index contributed by atoms with van der Waals surface area (Å²) < 4.78 is 23.5. The van der Waals surface area contributed by atoms with Crippen molar-refractivity contribution in [3.05, 3.63) is 102 Å². The van der Waals surface area contributed by atoms with E-state index in [4.69, 9.17) is 36.3 Å². The van der Waals surface area contributed by atoms with Crippen molar-refractivity contribution in [3.63, 3.8) is 0 Å². The summed E-state index contributed by atoms with van der Waals surface area (Å²) in [6.07, 6.45) is 9.83. The lowest BCUT2D eigenvalue weighted by molar-refractivity contribution is -0.179. The summed E-state index contributed by atoms with van der Waals surface area (Å²) in [6, 6.07) is 11.9. The molecule has 2 aromatic carbocycles. The molecule has 0 saturated carbocycles. The Morgan fingerprint density at radius 2 is 1.65 bits per heavy atom. The number of epoxide rings is 1. The summed E-state index contributed by atoms with van der Waals surface area (Å²) >= 11 is 6.40. The molecule has 1 unspecified atom stereocenters. The highest BCUT2D eigenvalue weighted by Gasteiger charge is 2.48. The fourth-order valence-corrected chi connectivity index (χ4v) is 12.5. The maximum absolute atomic E-state index is 14.0. The Labute approximate surface area is 524 Å². The number of cyclic esters (lactones) is 2. The molecule has 2 fully saturated rings. The number of hydrogen-bond donors (Lipinski definition) is 5. The predicted molar refractivity (Wildman–Crippen MR) is 344 cm³/mol. The Morgan fingerprint density at radius 3 is 2.28 bits per heavy atom. The topological polar surface area (TPSA) is 240 Å². The Balaban J connectivity index is 0.00000383. The number of halogens is 1. The minimum atomic E-state index is -1.25. The quantitative estimate of drug-likeness (QED) is 0.0127. The second kappa shape index (κ2) is 36.9. The number of ether oxygens (including phenoxy) is 4. The molecule has 86 heavy (non-hydrogen) atoms. The first-order valence-corrected chi connectivity index (χ1v) is 33.1. The number of amides is 4. The lowest BCUT2D eigenvalue weighted by atomic mass is 9.92. The first-order chi connectivity index (χ1) is 40.8. The number of hydrazine groups is 1. The Hall–Kier alpha value is -5.22. The van der Waals surface area contributed by atoms with Crippen LogP contribution in [-0.2, 0) is 60.7 Å². The van der Waals surface area contributed by atoms with Crippen LogP contribution in [0, 0.1) is 23.2 Å². The molecule has 0 spiro atoms. The van der Waals surface area contributed by atoms with Crippen LogP contribution in [0.15, 0.2) is 79.9 Å². The summed E-state index contributed by atoms with van der Waals surface area (Å²) in [5, 5.41) is 5.94. The van der Waals surface area contributed by atoms with E-state index < -0.39 is 53.5 Å². The third-order valence-corrected chi connectivity index (χ3v) is 19.1. The maximum Gasteiger partial charge on any atom is 0.347 e. The molecule has 0 aromatic heterocycles. The number of hydrogen-bond acceptors (Lipinski definition) is 16. The number of nitrogens with zero attached hydrogens (tertiary/aromatic N) is 2. The van der Waals surface area contributed by atoms with Gasteiger partial charge in [0, 0.05) is 87.3 Å². The average Bonchev–Trinajstić information content (AvgIpc) is 1.96. The van der Waals surface area contributed by atoms with Crippen molar-refractivity contribution >= 4 is 74.5 Å². The molecule has 18 nitrogen and oxygen atoms in total. The summed E-state index contributed by atoms with van der Waals surface area (Å²) in [7, 11) is 4.95. The molecule has 3 aliphatic rings. The van der Waals surface area contributed by atoms with E-state index in [0.717, 1.165) is 62.2 Å². The Kier molecular flexibility index (Phi) is 31.5. The van der Waals surface area contributed by atoms with Gasteiger partial charge in [-0.15, -0.1) is 13.2 Å². The molecule has 0 bridgehead atoms. The molecule has 478 valence electrons. The van der Waals surface area contributed by atoms with Crippen LogP contribution in [0.4, 0.5) is 0 Å². The third-order valence-electron chi connectivity index (χ3n) is 15.3. The zero-order valence-corrected chi connectivity index (χ0v) is 54.9. The zero-order valence-electron chi connectivity index (χ0n) is 52.6. The molecule has 0 aliphatic carbocycles. The molecule has 3 heterocycles. The second-order valence-corrected chi connectivity index (χ2v) is 27.7. The van der Waals surface area contributed by atoms with Gasteiger partial charge in [-0.1, -0.05) is 123 Å². The maximum atomic E-state index is 14.0. The average molecular weight is 1250 g/mol. The van der Waals surface area contributed by atoms with Gasteiger partial charge in [-0.25, -0.2) is 10.2 Å². The lowest BCUT2D eigenvalue weighted by Crippen LogP contribution is -2.51. The van der Waals surface area contributed by atoms with Crippen LogP contribution in [0.2, 0.25) is 5.02 Å². The highest BCUT2D eigenvalue weighted by molar-refractivity contribution is 8.77. The van der Waals surface area contributed by atoms with Crippen molar-refractivity contribution in [1.82, 2.24) is 31.3 Å². The molecule has 6 N–H and O–H groups in total. The van der Waals surface area contributed by atoms with E-state index in [2.05, 4.69) is 84.6 Å². The number of rotatable bonds is 29. The number of benzene rings is 2. The minimum absolute atomic E-state index is 0.00715. The number of ketones is 1. The molecule has 0 radical (unpaired) electrons. The number of nitrogens with two attached hydrogens (primary N) is 1. The van der Waals surface area contributed by atoms with Gasteiger partial charge in [0.05, 0.1) is 29.7 Å². The van der Waals surface area contributed by atoms with Crippen molar-refractivity contribution in [2.45, 2.75) is 181 Å². The molecule has 2 saturated heterocycles. The molecule has 2 aromatic rings. The molecule has 4 amide bonds. The van der Waals surface area contributed by atoms with Gasteiger partial charge >= 0.3 is 11.9 Å². The van der Waals surface area contributed by atoms with Crippen LogP contribution >= 0.6 is 33.2 Å². The number of Topliss-reactive ketones (excluding diaryl/α,β-unsaturated/α-hetero) is 1. The number of piperazine rings is 1. The predicted octanol–water partition coefficient (Wildman–Crippen LogP) is 9.58. The summed E-state index contributed by atoms with van der Waals surface area (Å²) in [5.74, 6) is -1.86. The van der Waals surface area contributed by atoms with Crippen LogP contribution in [0.25, 0.3) is 0 Å². The Bertz CT molecular complexity index is 2580. The van der Waals surface area contributed by atoms with Crippen LogP contribution in [0.5, 0.6) is 5.75 Å². The van der Waals surface area contributed by atoms with E-state index in [0.29, 0.717) is 61.7 Å². The van der Waals surface area contributed by atoms with E-state index in [-0.39, 0.29) is 78.1 Å². The van der Waals surface area contributed by atoms with Gasteiger partial charge in [0.25, 0.3) is 0 Å². The van der Waals surface area contributed by atoms with Crippen molar-refractivity contribution in [3.8, 4) is 5.75 Å². The van der Waals surface area contributed by atoms with Crippen LogP contribution in [0.3, 0.4) is 0 Å². The minimum Gasteiger partial charge on any atom is -0.495 e. The fourth-order valence-electron chi connectivity index (χ4n) is 9.59. The fraction of sp³-hybridized carbons (Fsp3) is 0.615. The van der Waals surface area contributed by atoms with E-state index in [1.807, 2.05) is 31.7 Å². The van der Waals surface area contributed by atoms with E-state index in [1.165, 1.54) is 13.2 Å². The summed E-state index contributed by atoms with van der Waals surface area (Å²) in [4.78, 5) is 97.9. The number of unbranched alkanes of at least 4 members (excludes halogenated alkanes) is 1. The zero-order chi connectivity index (χ0) is 63.6. The Morgan fingerprint density at radius 1 is 0.965 bits per heavy atom. The van der Waals surface area contributed by atoms with Crippen molar-refractivity contribution in [2.75, 3.05) is 52.1 Å². The van der Waals surface area contributed by atoms with Gasteiger partial charge in [-0.2, -0.15) is 0 Å². The number of nitrogens with one attached hydrogen (secondary N) is 4. The highest BCUT2D eigenvalue weighted by atomic mass is 35.5. The second-order valence-electron chi connectivity index (χ2n) is 24.2. The van der Waals surface area contributed by atoms with Crippen LogP contribution < -0.4 is 32.0 Å². The molecule has 5 rings (SSSR count). The van der Waals surface area contributed by atoms with Gasteiger partial charge in [-0.3, -0.25) is 39.1 Å². The van der Waals surface area contributed by atoms with Gasteiger partial charge in [0.1, 0.15) is 24.0 Å². The molecular weight excluding hydrogens is 1150 g/mol. The molecule has 8 atom stereocenters. The van der Waals surface area contributed by atoms with E-state index >= 15 is 0 Å². The molecule has 3 aliphatic heterocycles. The first kappa shape index (κ1) is 73.3. The van der Waals surface area contributed by atoms with Gasteiger partial charge in [-0.05, 0) is 114 Å². The first-order valence-electron chi connectivity index (χ1n) is 30.4. The van der Waals surface area contributed by atoms with Crippen LogP contribution in [-0.4, -0.2) is 138 Å². The largest absolute Gasteiger partial charge is 0.495 e. The van der Waals surface area contributed by atoms with Crippen molar-refractivity contribution in [2.24, 2.45) is 28.9 Å². The lowest BCUT2D eigenvalue weighted by Gasteiger charge is -2.35. The van der Waals surface area contributed by atoms with E-state index in [9.17, 15) is 33.6 Å². The highest BCUT2D eigenvalue weighted by Crippen LogP contribution is 2.45. The summed E-state index contributed by atoms with van der Waals surface area (Å²) in [6.45, 7) is 28.4. The number of carbonyl (C=O) groups is 7. The number of carbonyl (C=O) groups excluding carboxylic acids is 7. The van der Waals surface area contributed by atoms with Crippen LogP contribution in [0.1, 0.15) is 149 Å². The number of esters is 2. The smallest absolute Gasteiger partial charge is 0.347 e. The van der Waals surface area contributed by atoms with Gasteiger partial charge < -0.3 is 40.2 Å². The van der Waals surface area contributed by atoms with Gasteiger partial charge in [0.15, 0.2) is 11.9 Å². The van der Waals surface area contributed by atoms with Crippen molar-refractivity contribution < 1.29 is 52.5 Å². The summed E-state index contributed by atoms with van der Waals surface area (Å²) in [5.41, 5.74) is 12.8.